The predicted octanol–water partition coefficient (Wildman–Crippen LogP) is 23.7. The molecule has 0 aliphatic heterocycles. The molecule has 0 heterocycles. The van der Waals surface area contributed by atoms with E-state index in [1.54, 1.807) is 0 Å². The number of esters is 3. The zero-order valence-corrected chi connectivity index (χ0v) is 53.7. The van der Waals surface area contributed by atoms with E-state index in [9.17, 15) is 14.4 Å². The quantitative estimate of drug-likeness (QED) is 0.0261. The Morgan fingerprint density at radius 1 is 0.253 bits per heavy atom. The van der Waals surface area contributed by atoms with Gasteiger partial charge in [0.05, 0.1) is 0 Å². The molecular weight excluding hydrogens is 1020 g/mol. The first-order valence-corrected chi connectivity index (χ1v) is 34.0. The van der Waals surface area contributed by atoms with Crippen LogP contribution in [0.4, 0.5) is 0 Å². The second kappa shape index (κ2) is 69.5. The molecular formula is C77H124O6. The SMILES string of the molecule is CC/C=C\C/C=C\C/C=C\C/C=C\C/C=C\C/C=C\C/C=C\C/C=C\C/C=C\CCCCCCCC(=O)OCC(COC(=O)CC/C=C\C/C=C\C/C=C\C/C=C\CC)OC(=O)CCCCCCCCCCCCCCCCCCCCC. The predicted molar refractivity (Wildman–Crippen MR) is 362 cm³/mol. The molecule has 0 aromatic rings. The van der Waals surface area contributed by atoms with Crippen molar-refractivity contribution in [2.24, 2.45) is 0 Å². The summed E-state index contributed by atoms with van der Waals surface area (Å²) in [5.41, 5.74) is 0. The molecule has 0 saturated heterocycles. The van der Waals surface area contributed by atoms with E-state index >= 15 is 0 Å². The highest BCUT2D eigenvalue weighted by atomic mass is 16.6. The topological polar surface area (TPSA) is 78.9 Å². The van der Waals surface area contributed by atoms with Crippen LogP contribution in [0.3, 0.4) is 0 Å². The number of hydrogen-bond acceptors (Lipinski definition) is 6. The molecule has 0 bridgehead atoms. The second-order valence-electron chi connectivity index (χ2n) is 22.0. The Morgan fingerprint density at radius 3 is 0.807 bits per heavy atom. The van der Waals surface area contributed by atoms with Gasteiger partial charge in [0.25, 0.3) is 0 Å². The minimum atomic E-state index is -0.821. The normalized spacial score (nSPS) is 13.1. The van der Waals surface area contributed by atoms with Crippen LogP contribution in [-0.2, 0) is 28.6 Å². The highest BCUT2D eigenvalue weighted by Gasteiger charge is 2.19. The average Bonchev–Trinajstić information content (AvgIpc) is 3.49. The third-order valence-corrected chi connectivity index (χ3v) is 14.0. The highest BCUT2D eigenvalue weighted by Crippen LogP contribution is 2.16. The lowest BCUT2D eigenvalue weighted by Gasteiger charge is -2.18. The number of ether oxygens (including phenoxy) is 3. The fourth-order valence-corrected chi connectivity index (χ4v) is 9.04. The summed E-state index contributed by atoms with van der Waals surface area (Å²) in [6.45, 7) is 6.34. The van der Waals surface area contributed by atoms with E-state index in [1.807, 2.05) is 6.08 Å². The van der Waals surface area contributed by atoms with Crippen LogP contribution in [0.1, 0.15) is 290 Å². The van der Waals surface area contributed by atoms with Crippen molar-refractivity contribution < 1.29 is 28.6 Å². The van der Waals surface area contributed by atoms with Gasteiger partial charge in [0.15, 0.2) is 6.10 Å². The minimum absolute atomic E-state index is 0.114. The smallest absolute Gasteiger partial charge is 0.306 e. The Bertz CT molecular complexity index is 1840. The zero-order valence-electron chi connectivity index (χ0n) is 53.7. The van der Waals surface area contributed by atoms with Gasteiger partial charge in [-0.3, -0.25) is 14.4 Å². The van der Waals surface area contributed by atoms with Gasteiger partial charge in [0.1, 0.15) is 13.2 Å². The number of carbonyl (C=O) groups excluding carboxylic acids is 3. The lowest BCUT2D eigenvalue weighted by molar-refractivity contribution is -0.166. The standard InChI is InChI=1S/C77H124O6/c1-4-7-10-13-16-19-22-25-27-29-31-32-33-34-35-36-37-38-39-40-41-42-43-44-46-47-49-52-55-58-61-64-67-70-76(79)82-73-74(72-81-75(78)69-66-63-60-57-54-51-24-21-18-15-12-9-6-3)83-77(80)71-68-65-62-59-56-53-50-48-45-30-28-26-23-20-17-14-11-8-5-2/h7,9-10,12,16,18-19,21,25,27,31-32,34-35,37-38,40-41,43-44,47,49,51,54,60,63,74H,4-6,8,11,13-15,17,20,22-24,26,28-30,33,36,39,42,45-46,48,50,52-53,55-59,61-62,64-73H2,1-3H3/b10-7-,12-9-,19-16-,21-18-,27-25-,32-31-,35-34-,38-37-,41-40-,44-43-,49-47-,54-51-,63-60-. The van der Waals surface area contributed by atoms with Gasteiger partial charge in [-0.05, 0) is 116 Å². The Hall–Kier alpha value is -4.97. The average molecular weight is 1150 g/mol. The number of allylic oxidation sites excluding steroid dienone is 26. The summed E-state index contributed by atoms with van der Waals surface area (Å²) in [7, 11) is 0. The first kappa shape index (κ1) is 78.0. The fraction of sp³-hybridized carbons (Fsp3) is 0.623. The van der Waals surface area contributed by atoms with Gasteiger partial charge in [0.2, 0.25) is 0 Å². The first-order valence-electron chi connectivity index (χ1n) is 34.0. The molecule has 1 atom stereocenters. The van der Waals surface area contributed by atoms with Gasteiger partial charge in [-0.1, -0.05) is 314 Å². The van der Waals surface area contributed by atoms with Gasteiger partial charge < -0.3 is 14.2 Å². The van der Waals surface area contributed by atoms with E-state index in [0.717, 1.165) is 141 Å². The summed E-state index contributed by atoms with van der Waals surface area (Å²) >= 11 is 0. The molecule has 0 fully saturated rings. The van der Waals surface area contributed by atoms with Crippen LogP contribution in [0.2, 0.25) is 0 Å². The summed E-state index contributed by atoms with van der Waals surface area (Å²) in [6.07, 6.45) is 101. The summed E-state index contributed by atoms with van der Waals surface area (Å²) < 4.78 is 16.8. The molecule has 0 amide bonds. The van der Waals surface area contributed by atoms with Gasteiger partial charge in [-0.15, -0.1) is 0 Å². The number of hydrogen-bond donors (Lipinski definition) is 0. The molecule has 1 unspecified atom stereocenters. The van der Waals surface area contributed by atoms with E-state index in [2.05, 4.69) is 173 Å². The molecule has 0 radical (unpaired) electrons. The Labute approximate surface area is 511 Å². The van der Waals surface area contributed by atoms with Gasteiger partial charge in [0, 0.05) is 19.3 Å². The molecule has 83 heavy (non-hydrogen) atoms. The maximum atomic E-state index is 12.9. The molecule has 0 rings (SSSR count). The molecule has 0 aliphatic rings. The van der Waals surface area contributed by atoms with Crippen LogP contribution < -0.4 is 0 Å². The van der Waals surface area contributed by atoms with E-state index in [1.165, 1.54) is 103 Å². The van der Waals surface area contributed by atoms with Crippen LogP contribution in [0.5, 0.6) is 0 Å². The monoisotopic (exact) mass is 1140 g/mol. The molecule has 0 saturated carbocycles. The van der Waals surface area contributed by atoms with Gasteiger partial charge >= 0.3 is 17.9 Å². The Balaban J connectivity index is 4.37. The van der Waals surface area contributed by atoms with Crippen molar-refractivity contribution in [3.8, 4) is 0 Å². The van der Waals surface area contributed by atoms with E-state index in [0.29, 0.717) is 19.3 Å². The molecule has 0 aliphatic carbocycles. The molecule has 6 nitrogen and oxygen atoms in total. The lowest BCUT2D eigenvalue weighted by Crippen LogP contribution is -2.30. The van der Waals surface area contributed by atoms with Crippen molar-refractivity contribution in [3.05, 3.63) is 158 Å². The second-order valence-corrected chi connectivity index (χ2v) is 22.0. The largest absolute Gasteiger partial charge is 0.462 e. The molecule has 0 aromatic heterocycles. The lowest BCUT2D eigenvalue weighted by atomic mass is 10.0. The summed E-state index contributed by atoms with van der Waals surface area (Å²) in [5, 5.41) is 0. The van der Waals surface area contributed by atoms with Crippen LogP contribution in [-0.4, -0.2) is 37.2 Å². The van der Waals surface area contributed by atoms with Crippen LogP contribution in [0.15, 0.2) is 158 Å². The van der Waals surface area contributed by atoms with Crippen molar-refractivity contribution in [1.29, 1.82) is 0 Å². The van der Waals surface area contributed by atoms with Gasteiger partial charge in [-0.25, -0.2) is 0 Å². The molecule has 6 heteroatoms. The van der Waals surface area contributed by atoms with Crippen LogP contribution in [0, 0.1) is 0 Å². The molecule has 468 valence electrons. The Kier molecular flexibility index (Phi) is 65.4. The summed E-state index contributed by atoms with van der Waals surface area (Å²) in [5.74, 6) is -1.01. The van der Waals surface area contributed by atoms with E-state index < -0.39 is 6.10 Å². The van der Waals surface area contributed by atoms with Crippen molar-refractivity contribution >= 4 is 17.9 Å². The van der Waals surface area contributed by atoms with Crippen LogP contribution >= 0.6 is 0 Å². The maximum Gasteiger partial charge on any atom is 0.306 e. The third-order valence-electron chi connectivity index (χ3n) is 14.0. The fourth-order valence-electron chi connectivity index (χ4n) is 9.04. The maximum absolute atomic E-state index is 12.9. The number of carbonyl (C=O) groups is 3. The zero-order chi connectivity index (χ0) is 59.9. The van der Waals surface area contributed by atoms with Gasteiger partial charge in [-0.2, -0.15) is 0 Å². The molecule has 0 aromatic carbocycles. The van der Waals surface area contributed by atoms with Crippen molar-refractivity contribution in [2.75, 3.05) is 13.2 Å². The van der Waals surface area contributed by atoms with E-state index in [-0.39, 0.29) is 37.5 Å². The van der Waals surface area contributed by atoms with Crippen molar-refractivity contribution in [1.82, 2.24) is 0 Å². The Morgan fingerprint density at radius 2 is 0.494 bits per heavy atom. The third kappa shape index (κ3) is 67.7. The molecule has 0 N–H and O–H groups in total. The number of rotatable bonds is 60. The van der Waals surface area contributed by atoms with Crippen molar-refractivity contribution in [3.63, 3.8) is 0 Å². The van der Waals surface area contributed by atoms with Crippen molar-refractivity contribution in [2.45, 2.75) is 297 Å². The molecule has 0 spiro atoms. The van der Waals surface area contributed by atoms with Crippen LogP contribution in [0.25, 0.3) is 0 Å². The van der Waals surface area contributed by atoms with E-state index in [4.69, 9.17) is 14.2 Å². The highest BCUT2D eigenvalue weighted by molar-refractivity contribution is 5.71. The minimum Gasteiger partial charge on any atom is -0.462 e. The number of unbranched alkanes of at least 4 members (excludes halogenated alkanes) is 23. The summed E-state index contributed by atoms with van der Waals surface area (Å²) in [6, 6.07) is 0. The first-order chi connectivity index (χ1) is 41.0. The summed E-state index contributed by atoms with van der Waals surface area (Å²) in [4.78, 5) is 38.3.